The highest BCUT2D eigenvalue weighted by molar-refractivity contribution is 7.16. The first-order valence-electron chi connectivity index (χ1n) is 8.38. The van der Waals surface area contributed by atoms with Crippen molar-refractivity contribution in [2.75, 3.05) is 12.4 Å². The zero-order valence-corrected chi connectivity index (χ0v) is 17.1. The van der Waals surface area contributed by atoms with Crippen molar-refractivity contribution in [3.63, 3.8) is 0 Å². The lowest BCUT2D eigenvalue weighted by Gasteiger charge is -2.11. The van der Waals surface area contributed by atoms with E-state index < -0.39 is 0 Å². The highest BCUT2D eigenvalue weighted by atomic mass is 32.1. The number of thiazole rings is 2. The van der Waals surface area contributed by atoms with Gasteiger partial charge in [-0.1, -0.05) is 0 Å². The highest BCUT2D eigenvalue weighted by Gasteiger charge is 2.14. The summed E-state index contributed by atoms with van der Waals surface area (Å²) in [6, 6.07) is 5.98. The third-order valence-electron chi connectivity index (χ3n) is 4.16. The normalized spacial score (nSPS) is 11.0. The molecule has 0 spiro atoms. The number of aromatic nitrogens is 4. The Kier molecular flexibility index (Phi) is 4.67. The number of imidazole rings is 1. The maximum absolute atomic E-state index is 5.51. The van der Waals surface area contributed by atoms with E-state index in [1.807, 2.05) is 49.9 Å². The minimum Gasteiger partial charge on any atom is -0.495 e. The molecule has 27 heavy (non-hydrogen) atoms. The zero-order valence-electron chi connectivity index (χ0n) is 15.5. The molecule has 3 aromatic heterocycles. The van der Waals surface area contributed by atoms with Gasteiger partial charge in [-0.3, -0.25) is 0 Å². The average molecular weight is 398 g/mol. The number of nitrogens with one attached hydrogen (secondary N) is 1. The van der Waals surface area contributed by atoms with Crippen LogP contribution in [0, 0.1) is 13.8 Å². The Morgan fingerprint density at radius 3 is 2.70 bits per heavy atom. The molecule has 0 radical (unpaired) electrons. The Morgan fingerprint density at radius 1 is 1.19 bits per heavy atom. The van der Waals surface area contributed by atoms with E-state index in [0.717, 1.165) is 49.2 Å². The summed E-state index contributed by atoms with van der Waals surface area (Å²) >= 11 is 3.23. The minimum atomic E-state index is 0.759. The van der Waals surface area contributed by atoms with Crippen LogP contribution in [-0.4, -0.2) is 26.6 Å². The van der Waals surface area contributed by atoms with Crippen LogP contribution in [0.2, 0.25) is 0 Å². The first-order valence-corrected chi connectivity index (χ1v) is 10.1. The number of nitrogens with zero attached hydrogens (tertiary/aromatic N) is 4. The van der Waals surface area contributed by atoms with E-state index in [0.29, 0.717) is 0 Å². The first kappa shape index (κ1) is 17.7. The second kappa shape index (κ2) is 7.13. The molecular weight excluding hydrogens is 378 g/mol. The maximum atomic E-state index is 5.51. The summed E-state index contributed by atoms with van der Waals surface area (Å²) in [6.07, 6.45) is 3.72. The lowest BCUT2D eigenvalue weighted by molar-refractivity contribution is 0.417. The molecule has 0 aliphatic heterocycles. The molecule has 0 saturated carbocycles. The first-order chi connectivity index (χ1) is 13.0. The van der Waals surface area contributed by atoms with E-state index in [2.05, 4.69) is 20.7 Å². The van der Waals surface area contributed by atoms with Crippen LogP contribution in [0.25, 0.3) is 22.0 Å². The number of hydrogen-bond donors (Lipinski definition) is 1. The Hall–Kier alpha value is -2.71. The molecule has 1 N–H and O–H groups in total. The van der Waals surface area contributed by atoms with Crippen LogP contribution in [0.15, 0.2) is 36.0 Å². The molecule has 8 heteroatoms. The molecule has 6 nitrogen and oxygen atoms in total. The Balaban J connectivity index is 1.66. The van der Waals surface area contributed by atoms with E-state index in [4.69, 9.17) is 9.72 Å². The second-order valence-corrected chi connectivity index (χ2v) is 8.15. The Morgan fingerprint density at radius 2 is 2.04 bits per heavy atom. The fourth-order valence-corrected chi connectivity index (χ4v) is 4.58. The molecule has 138 valence electrons. The molecule has 4 rings (SSSR count). The van der Waals surface area contributed by atoms with E-state index in [1.54, 1.807) is 36.0 Å². The zero-order chi connectivity index (χ0) is 19.0. The molecule has 0 amide bonds. The molecule has 3 heterocycles. The molecule has 0 unspecified atom stereocenters. The fraction of sp³-hybridized carbons (Fsp3) is 0.211. The third kappa shape index (κ3) is 3.45. The number of aryl methyl sites for hydroxylation is 3. The Labute approximate surface area is 165 Å². The lowest BCUT2D eigenvalue weighted by atomic mass is 10.1. The maximum Gasteiger partial charge on any atom is 0.187 e. The van der Waals surface area contributed by atoms with Crippen molar-refractivity contribution in [1.29, 1.82) is 0 Å². The average Bonchev–Trinajstić information content (AvgIpc) is 3.35. The van der Waals surface area contributed by atoms with Gasteiger partial charge in [-0.15, -0.1) is 22.7 Å². The van der Waals surface area contributed by atoms with Crippen LogP contribution in [0.1, 0.15) is 10.7 Å². The largest absolute Gasteiger partial charge is 0.495 e. The SMILES string of the molecule is COc1ccc(-c2nccn2C)cc1Nc1nc(-c2sc(C)nc2C)cs1. The number of rotatable bonds is 5. The Bertz CT molecular complexity index is 1100. The van der Waals surface area contributed by atoms with E-state index in [9.17, 15) is 0 Å². The van der Waals surface area contributed by atoms with Crippen LogP contribution in [0.4, 0.5) is 10.8 Å². The van der Waals surface area contributed by atoms with Crippen molar-refractivity contribution in [3.8, 4) is 27.7 Å². The van der Waals surface area contributed by atoms with Crippen molar-refractivity contribution in [2.45, 2.75) is 13.8 Å². The molecule has 0 bridgehead atoms. The summed E-state index contributed by atoms with van der Waals surface area (Å²) < 4.78 is 7.50. The van der Waals surface area contributed by atoms with Gasteiger partial charge in [0.2, 0.25) is 0 Å². The van der Waals surface area contributed by atoms with E-state index in [-0.39, 0.29) is 0 Å². The minimum absolute atomic E-state index is 0.759. The smallest absolute Gasteiger partial charge is 0.187 e. The van der Waals surface area contributed by atoms with Gasteiger partial charge < -0.3 is 14.6 Å². The standard InChI is InChI=1S/C19H19N5OS2/c1-11-17(27-12(2)21-11)15-10-26-19(23-15)22-14-9-13(5-6-16(14)25-4)18-20-7-8-24(18)3/h5-10H,1-4H3,(H,22,23). The predicted octanol–water partition coefficient (Wildman–Crippen LogP) is 5.04. The number of anilines is 2. The van der Waals surface area contributed by atoms with Crippen molar-refractivity contribution in [2.24, 2.45) is 7.05 Å². The molecule has 0 fully saturated rings. The van der Waals surface area contributed by atoms with Crippen LogP contribution >= 0.6 is 22.7 Å². The summed E-state index contributed by atoms with van der Waals surface area (Å²) in [5, 5.41) is 7.31. The molecule has 0 aliphatic rings. The van der Waals surface area contributed by atoms with E-state index in [1.165, 1.54) is 0 Å². The summed E-state index contributed by atoms with van der Waals surface area (Å²) in [4.78, 5) is 14.8. The van der Waals surface area contributed by atoms with Crippen LogP contribution < -0.4 is 10.1 Å². The van der Waals surface area contributed by atoms with Crippen molar-refractivity contribution < 1.29 is 4.74 Å². The monoisotopic (exact) mass is 397 g/mol. The quantitative estimate of drug-likeness (QED) is 0.511. The molecular formula is C19H19N5OS2. The summed E-state index contributed by atoms with van der Waals surface area (Å²) in [5.74, 6) is 1.66. The van der Waals surface area contributed by atoms with Gasteiger partial charge in [-0.2, -0.15) is 0 Å². The summed E-state index contributed by atoms with van der Waals surface area (Å²) in [6.45, 7) is 4.03. The predicted molar refractivity (Wildman–Crippen MR) is 111 cm³/mol. The van der Waals surface area contributed by atoms with Crippen molar-refractivity contribution in [3.05, 3.63) is 46.7 Å². The third-order valence-corrected chi connectivity index (χ3v) is 6.01. The lowest BCUT2D eigenvalue weighted by Crippen LogP contribution is -1.97. The number of hydrogen-bond acceptors (Lipinski definition) is 7. The van der Waals surface area contributed by atoms with Crippen LogP contribution in [-0.2, 0) is 7.05 Å². The fourth-order valence-electron chi connectivity index (χ4n) is 2.91. The molecule has 0 saturated heterocycles. The number of benzene rings is 1. The van der Waals surface area contributed by atoms with Gasteiger partial charge in [0, 0.05) is 30.4 Å². The van der Waals surface area contributed by atoms with Gasteiger partial charge in [0.25, 0.3) is 0 Å². The summed E-state index contributed by atoms with van der Waals surface area (Å²) in [7, 11) is 3.64. The van der Waals surface area contributed by atoms with Crippen LogP contribution in [0.5, 0.6) is 5.75 Å². The van der Waals surface area contributed by atoms with Gasteiger partial charge in [-0.25, -0.2) is 15.0 Å². The van der Waals surface area contributed by atoms with Crippen molar-refractivity contribution >= 4 is 33.5 Å². The van der Waals surface area contributed by atoms with Gasteiger partial charge in [-0.05, 0) is 32.0 Å². The van der Waals surface area contributed by atoms with Gasteiger partial charge in [0.1, 0.15) is 11.6 Å². The van der Waals surface area contributed by atoms with Gasteiger partial charge >= 0.3 is 0 Å². The van der Waals surface area contributed by atoms with Gasteiger partial charge in [0.15, 0.2) is 5.13 Å². The summed E-state index contributed by atoms with van der Waals surface area (Å²) in [5.41, 5.74) is 3.83. The number of methoxy groups -OCH3 is 1. The highest BCUT2D eigenvalue weighted by Crippen LogP contribution is 2.36. The van der Waals surface area contributed by atoms with Crippen LogP contribution in [0.3, 0.4) is 0 Å². The molecule has 0 atom stereocenters. The molecule has 0 aliphatic carbocycles. The van der Waals surface area contributed by atoms with E-state index >= 15 is 0 Å². The van der Waals surface area contributed by atoms with Crippen molar-refractivity contribution in [1.82, 2.24) is 19.5 Å². The molecule has 1 aromatic carbocycles. The second-order valence-electron chi connectivity index (χ2n) is 6.09. The topological polar surface area (TPSA) is 64.9 Å². The number of ether oxygens (including phenoxy) is 1. The van der Waals surface area contributed by atoms with Gasteiger partial charge in [0.05, 0.1) is 34.1 Å². The molecule has 4 aromatic rings.